The molecule has 6 rings (SSSR count). The largest absolute Gasteiger partial charge is 0.351 e. The first-order valence-electron chi connectivity index (χ1n) is 11.1. The molecular formula is C27H20FN3O3. The second-order valence-electron chi connectivity index (χ2n) is 8.66. The average Bonchev–Trinajstić information content (AvgIpc) is 3.33. The molecule has 4 atom stereocenters. The van der Waals surface area contributed by atoms with Gasteiger partial charge < -0.3 is 10.2 Å². The van der Waals surface area contributed by atoms with Crippen molar-refractivity contribution in [2.45, 2.75) is 12.1 Å². The van der Waals surface area contributed by atoms with Crippen LogP contribution in [-0.4, -0.2) is 29.8 Å². The van der Waals surface area contributed by atoms with Crippen molar-refractivity contribution >= 4 is 40.9 Å². The van der Waals surface area contributed by atoms with E-state index in [0.717, 1.165) is 16.2 Å². The van der Waals surface area contributed by atoms with Crippen molar-refractivity contribution < 1.29 is 18.8 Å². The van der Waals surface area contributed by atoms with Gasteiger partial charge in [-0.05, 0) is 48.0 Å². The molecule has 0 aliphatic carbocycles. The molecule has 0 unspecified atom stereocenters. The van der Waals surface area contributed by atoms with Crippen LogP contribution in [0.5, 0.6) is 0 Å². The molecule has 3 aromatic carbocycles. The zero-order valence-corrected chi connectivity index (χ0v) is 18.0. The topological polar surface area (TPSA) is 69.7 Å². The third-order valence-electron chi connectivity index (χ3n) is 6.81. The fourth-order valence-corrected chi connectivity index (χ4v) is 5.40. The van der Waals surface area contributed by atoms with Gasteiger partial charge in [-0.3, -0.25) is 14.4 Å². The molecule has 2 fully saturated rings. The average molecular weight is 453 g/mol. The van der Waals surface area contributed by atoms with Crippen molar-refractivity contribution in [1.29, 1.82) is 0 Å². The van der Waals surface area contributed by atoms with E-state index in [1.165, 1.54) is 24.3 Å². The lowest BCUT2D eigenvalue weighted by Crippen LogP contribution is -2.50. The van der Waals surface area contributed by atoms with Gasteiger partial charge in [-0.15, -0.1) is 0 Å². The van der Waals surface area contributed by atoms with Crippen molar-refractivity contribution in [3.05, 3.63) is 96.3 Å². The molecule has 0 bridgehead atoms. The standard InChI is InChI=1S/C27H20FN3O3/c28-17-11-13-19(14-12-17)30-26(33)22-21-15-10-16-6-4-5-9-20(16)31(21)24(23(22)27(30)34)25(32)29-18-7-2-1-3-8-18/h1-15,21-24H,(H,29,32)/t21-,22+,23+,24-/m0/s1. The number of amides is 3. The van der Waals surface area contributed by atoms with Crippen LogP contribution in [0.15, 0.2) is 84.9 Å². The molecule has 34 heavy (non-hydrogen) atoms. The minimum Gasteiger partial charge on any atom is -0.351 e. The van der Waals surface area contributed by atoms with Crippen LogP contribution in [0.3, 0.4) is 0 Å². The number of para-hydroxylation sites is 2. The summed E-state index contributed by atoms with van der Waals surface area (Å²) >= 11 is 0. The number of rotatable bonds is 3. The molecular weight excluding hydrogens is 433 g/mol. The van der Waals surface area contributed by atoms with E-state index in [2.05, 4.69) is 5.32 Å². The van der Waals surface area contributed by atoms with Gasteiger partial charge in [0.25, 0.3) is 0 Å². The summed E-state index contributed by atoms with van der Waals surface area (Å²) in [6, 6.07) is 20.6. The van der Waals surface area contributed by atoms with Crippen LogP contribution in [0, 0.1) is 17.7 Å². The Balaban J connectivity index is 1.44. The number of nitrogens with one attached hydrogen (secondary N) is 1. The first-order chi connectivity index (χ1) is 16.5. The number of nitrogens with zero attached hydrogens (tertiary/aromatic N) is 2. The highest BCUT2D eigenvalue weighted by molar-refractivity contribution is 6.25. The first-order valence-corrected chi connectivity index (χ1v) is 11.1. The van der Waals surface area contributed by atoms with E-state index >= 15 is 0 Å². The Kier molecular flexibility index (Phi) is 4.58. The molecule has 1 N–H and O–H groups in total. The molecule has 3 aliphatic rings. The predicted octanol–water partition coefficient (Wildman–Crippen LogP) is 3.85. The molecule has 3 aromatic rings. The van der Waals surface area contributed by atoms with Crippen molar-refractivity contribution in [2.24, 2.45) is 11.8 Å². The summed E-state index contributed by atoms with van der Waals surface area (Å²) in [4.78, 5) is 43.9. The highest BCUT2D eigenvalue weighted by Gasteiger charge is 2.64. The summed E-state index contributed by atoms with van der Waals surface area (Å²) < 4.78 is 13.5. The van der Waals surface area contributed by atoms with E-state index in [1.54, 1.807) is 12.1 Å². The third kappa shape index (κ3) is 2.97. The summed E-state index contributed by atoms with van der Waals surface area (Å²) in [7, 11) is 0. The second kappa shape index (κ2) is 7.66. The Hall–Kier alpha value is -4.26. The van der Waals surface area contributed by atoms with Crippen LogP contribution in [0.25, 0.3) is 6.08 Å². The van der Waals surface area contributed by atoms with Crippen LogP contribution in [-0.2, 0) is 14.4 Å². The number of imide groups is 1. The summed E-state index contributed by atoms with van der Waals surface area (Å²) in [5, 5.41) is 2.92. The summed E-state index contributed by atoms with van der Waals surface area (Å²) in [6.07, 6.45) is 3.83. The zero-order chi connectivity index (χ0) is 23.4. The predicted molar refractivity (Wildman–Crippen MR) is 126 cm³/mol. The van der Waals surface area contributed by atoms with E-state index in [1.807, 2.05) is 59.5 Å². The van der Waals surface area contributed by atoms with Crippen molar-refractivity contribution in [1.82, 2.24) is 0 Å². The Morgan fingerprint density at radius 3 is 2.26 bits per heavy atom. The molecule has 6 nitrogen and oxygen atoms in total. The lowest BCUT2D eigenvalue weighted by Gasteiger charge is -2.36. The number of hydrogen-bond donors (Lipinski definition) is 1. The van der Waals surface area contributed by atoms with Crippen LogP contribution >= 0.6 is 0 Å². The molecule has 168 valence electrons. The van der Waals surface area contributed by atoms with Gasteiger partial charge >= 0.3 is 0 Å². The molecule has 3 amide bonds. The van der Waals surface area contributed by atoms with Crippen LogP contribution in [0.1, 0.15) is 5.56 Å². The number of hydrogen-bond acceptors (Lipinski definition) is 4. The maximum Gasteiger partial charge on any atom is 0.247 e. The monoisotopic (exact) mass is 453 g/mol. The number of carbonyl (C=O) groups excluding carboxylic acids is 3. The van der Waals surface area contributed by atoms with Gasteiger partial charge in [0.2, 0.25) is 17.7 Å². The molecule has 0 radical (unpaired) electrons. The Bertz CT molecular complexity index is 1340. The van der Waals surface area contributed by atoms with Gasteiger partial charge in [0.15, 0.2) is 0 Å². The number of fused-ring (bicyclic) bond motifs is 5. The first kappa shape index (κ1) is 20.4. The Morgan fingerprint density at radius 1 is 0.824 bits per heavy atom. The summed E-state index contributed by atoms with van der Waals surface area (Å²) in [5.74, 6) is -3.24. The third-order valence-corrected chi connectivity index (χ3v) is 6.81. The number of halogens is 1. The van der Waals surface area contributed by atoms with Gasteiger partial charge in [-0.25, -0.2) is 9.29 Å². The maximum absolute atomic E-state index is 13.7. The summed E-state index contributed by atoms with van der Waals surface area (Å²) in [6.45, 7) is 0. The van der Waals surface area contributed by atoms with Gasteiger partial charge in [-0.2, -0.15) is 0 Å². The Labute approximate surface area is 195 Å². The number of benzene rings is 3. The molecule has 0 spiro atoms. The van der Waals surface area contributed by atoms with E-state index < -0.39 is 35.6 Å². The molecule has 2 saturated heterocycles. The lowest BCUT2D eigenvalue weighted by molar-refractivity contribution is -0.126. The van der Waals surface area contributed by atoms with Gasteiger partial charge in [0, 0.05) is 11.4 Å². The molecule has 7 heteroatoms. The SMILES string of the molecule is O=C(Nc1ccccc1)[C@@H]1[C@@H]2C(=O)N(c3ccc(F)cc3)C(=O)[C@@H]2[C@@H]2C=Cc3ccccc3N12. The number of carbonyl (C=O) groups is 3. The second-order valence-corrected chi connectivity index (χ2v) is 8.66. The minimum atomic E-state index is -0.886. The highest BCUT2D eigenvalue weighted by Crippen LogP contribution is 2.49. The van der Waals surface area contributed by atoms with Gasteiger partial charge in [0.05, 0.1) is 23.6 Å². The molecule has 0 saturated carbocycles. The fourth-order valence-electron chi connectivity index (χ4n) is 5.40. The van der Waals surface area contributed by atoms with Crippen LogP contribution < -0.4 is 15.1 Å². The van der Waals surface area contributed by atoms with Gasteiger partial charge in [-0.1, -0.05) is 48.6 Å². The summed E-state index contributed by atoms with van der Waals surface area (Å²) in [5.41, 5.74) is 2.65. The quantitative estimate of drug-likeness (QED) is 0.612. The van der Waals surface area contributed by atoms with Crippen LogP contribution in [0.4, 0.5) is 21.5 Å². The molecule has 0 aromatic heterocycles. The van der Waals surface area contributed by atoms with Crippen LogP contribution in [0.2, 0.25) is 0 Å². The minimum absolute atomic E-state index is 0.305. The fraction of sp³-hybridized carbons (Fsp3) is 0.148. The van der Waals surface area contributed by atoms with Crippen molar-refractivity contribution in [2.75, 3.05) is 15.1 Å². The van der Waals surface area contributed by atoms with E-state index in [4.69, 9.17) is 0 Å². The highest BCUT2D eigenvalue weighted by atomic mass is 19.1. The lowest BCUT2D eigenvalue weighted by atomic mass is 9.88. The zero-order valence-electron chi connectivity index (χ0n) is 18.0. The Morgan fingerprint density at radius 2 is 1.50 bits per heavy atom. The number of anilines is 3. The molecule has 3 aliphatic heterocycles. The van der Waals surface area contributed by atoms with Crippen molar-refractivity contribution in [3.63, 3.8) is 0 Å². The van der Waals surface area contributed by atoms with E-state index in [0.29, 0.717) is 11.4 Å². The molecule has 3 heterocycles. The normalized spacial score (nSPS) is 24.6. The van der Waals surface area contributed by atoms with Crippen molar-refractivity contribution in [3.8, 4) is 0 Å². The van der Waals surface area contributed by atoms with E-state index in [-0.39, 0.29) is 11.8 Å². The van der Waals surface area contributed by atoms with Gasteiger partial charge in [0.1, 0.15) is 11.9 Å². The van der Waals surface area contributed by atoms with E-state index in [9.17, 15) is 18.8 Å². The maximum atomic E-state index is 13.7. The smallest absolute Gasteiger partial charge is 0.247 e.